The number of carbonyl (C=O) groups is 1. The molecular weight excluding hydrogens is 160 g/mol. The van der Waals surface area contributed by atoms with E-state index in [1.54, 1.807) is 12.1 Å². The molecule has 0 aromatic carbocycles. The molecule has 1 aromatic heterocycles. The second-order valence-corrected chi connectivity index (χ2v) is 2.03. The van der Waals surface area contributed by atoms with E-state index in [2.05, 4.69) is 0 Å². The van der Waals surface area contributed by atoms with Gasteiger partial charge in [0.25, 0.3) is 0 Å². The van der Waals surface area contributed by atoms with Crippen LogP contribution >= 0.6 is 0 Å². The number of ether oxygens (including phenoxy) is 1. The van der Waals surface area contributed by atoms with Gasteiger partial charge in [0.05, 0.1) is 18.6 Å². The summed E-state index contributed by atoms with van der Waals surface area (Å²) < 4.78 is 9.77. The van der Waals surface area contributed by atoms with E-state index in [-0.39, 0.29) is 6.61 Å². The van der Waals surface area contributed by atoms with Crippen molar-refractivity contribution in [2.75, 3.05) is 0 Å². The first-order valence-corrected chi connectivity index (χ1v) is 3.32. The molecule has 12 heavy (non-hydrogen) atoms. The molecule has 1 N–H and O–H groups in total. The van der Waals surface area contributed by atoms with Gasteiger partial charge in [0.15, 0.2) is 0 Å². The molecule has 0 saturated carbocycles. The summed E-state index contributed by atoms with van der Waals surface area (Å²) >= 11 is 0. The zero-order valence-corrected chi connectivity index (χ0v) is 6.27. The van der Waals surface area contributed by atoms with Crippen molar-refractivity contribution in [2.45, 2.75) is 6.61 Å². The minimum Gasteiger partial charge on any atom is -0.493 e. The standard InChI is InChI=1S/C8H8O4/c9-8(10)3-5-11-6-7-2-1-4-12-7/h1-5H,6H2,(H,9,10)/b5-3+. The Morgan fingerprint density at radius 1 is 1.75 bits per heavy atom. The van der Waals surface area contributed by atoms with E-state index in [0.717, 1.165) is 12.3 Å². The van der Waals surface area contributed by atoms with Crippen LogP contribution in [0.15, 0.2) is 35.2 Å². The van der Waals surface area contributed by atoms with Crippen LogP contribution in [0.5, 0.6) is 0 Å². The van der Waals surface area contributed by atoms with Crippen molar-refractivity contribution in [3.05, 3.63) is 36.5 Å². The molecule has 0 radical (unpaired) electrons. The summed E-state index contributed by atoms with van der Waals surface area (Å²) in [7, 11) is 0. The summed E-state index contributed by atoms with van der Waals surface area (Å²) in [5.74, 6) is -0.375. The molecule has 0 fully saturated rings. The van der Waals surface area contributed by atoms with Gasteiger partial charge in [-0.25, -0.2) is 4.79 Å². The van der Waals surface area contributed by atoms with Crippen molar-refractivity contribution in [3.8, 4) is 0 Å². The first-order valence-electron chi connectivity index (χ1n) is 3.32. The molecule has 0 aliphatic heterocycles. The average molecular weight is 168 g/mol. The molecule has 0 atom stereocenters. The molecule has 1 aromatic rings. The molecule has 0 saturated heterocycles. The second kappa shape index (κ2) is 4.23. The molecule has 64 valence electrons. The van der Waals surface area contributed by atoms with E-state index in [9.17, 15) is 4.79 Å². The molecule has 1 heterocycles. The largest absolute Gasteiger partial charge is 0.493 e. The van der Waals surface area contributed by atoms with Crippen molar-refractivity contribution < 1.29 is 19.1 Å². The van der Waals surface area contributed by atoms with E-state index in [1.165, 1.54) is 6.26 Å². The van der Waals surface area contributed by atoms with Crippen LogP contribution in [0.4, 0.5) is 0 Å². The quantitative estimate of drug-likeness (QED) is 0.545. The Bertz CT molecular complexity index is 261. The predicted octanol–water partition coefficient (Wildman–Crippen LogP) is 1.39. The Balaban J connectivity index is 2.23. The Morgan fingerprint density at radius 2 is 2.58 bits per heavy atom. The normalized spacial score (nSPS) is 10.3. The summed E-state index contributed by atoms with van der Waals surface area (Å²) in [5.41, 5.74) is 0. The highest BCUT2D eigenvalue weighted by Crippen LogP contribution is 2.01. The number of hydrogen-bond acceptors (Lipinski definition) is 3. The molecule has 1 rings (SSSR count). The molecular formula is C8H8O4. The summed E-state index contributed by atoms with van der Waals surface area (Å²) in [6.45, 7) is 0.247. The fourth-order valence-electron chi connectivity index (χ4n) is 0.631. The molecule has 0 aliphatic rings. The van der Waals surface area contributed by atoms with Crippen molar-refractivity contribution in [1.82, 2.24) is 0 Å². The Labute approximate surface area is 69.1 Å². The third kappa shape index (κ3) is 2.92. The number of rotatable bonds is 4. The van der Waals surface area contributed by atoms with Crippen molar-refractivity contribution in [1.29, 1.82) is 0 Å². The van der Waals surface area contributed by atoms with Gasteiger partial charge < -0.3 is 14.3 Å². The van der Waals surface area contributed by atoms with Gasteiger partial charge in [-0.3, -0.25) is 0 Å². The molecule has 0 amide bonds. The number of furan rings is 1. The van der Waals surface area contributed by atoms with E-state index >= 15 is 0 Å². The average Bonchev–Trinajstić information content (AvgIpc) is 2.49. The van der Waals surface area contributed by atoms with Crippen LogP contribution in [0.2, 0.25) is 0 Å². The molecule has 4 heteroatoms. The third-order valence-corrected chi connectivity index (χ3v) is 1.11. The summed E-state index contributed by atoms with van der Waals surface area (Å²) in [6.07, 6.45) is 3.56. The topological polar surface area (TPSA) is 59.7 Å². The zero-order valence-electron chi connectivity index (χ0n) is 6.27. The van der Waals surface area contributed by atoms with Gasteiger partial charge in [-0.15, -0.1) is 0 Å². The van der Waals surface area contributed by atoms with Gasteiger partial charge in [-0.2, -0.15) is 0 Å². The summed E-state index contributed by atoms with van der Waals surface area (Å²) in [6, 6.07) is 3.48. The maximum atomic E-state index is 9.97. The maximum absolute atomic E-state index is 9.97. The van der Waals surface area contributed by atoms with Gasteiger partial charge in [-0.05, 0) is 12.1 Å². The monoisotopic (exact) mass is 168 g/mol. The van der Waals surface area contributed by atoms with Crippen molar-refractivity contribution in [2.24, 2.45) is 0 Å². The fourth-order valence-corrected chi connectivity index (χ4v) is 0.631. The lowest BCUT2D eigenvalue weighted by Gasteiger charge is -1.94. The van der Waals surface area contributed by atoms with Crippen molar-refractivity contribution >= 4 is 5.97 Å². The Kier molecular flexibility index (Phi) is 2.95. The van der Waals surface area contributed by atoms with Gasteiger partial charge in [0.1, 0.15) is 12.4 Å². The molecule has 4 nitrogen and oxygen atoms in total. The fraction of sp³-hybridized carbons (Fsp3) is 0.125. The number of carboxylic acid groups (broad SMARTS) is 1. The SMILES string of the molecule is O=C(O)/C=C/OCc1ccco1. The zero-order chi connectivity index (χ0) is 8.81. The van der Waals surface area contributed by atoms with Crippen molar-refractivity contribution in [3.63, 3.8) is 0 Å². The molecule has 0 bridgehead atoms. The predicted molar refractivity (Wildman–Crippen MR) is 40.3 cm³/mol. The number of aliphatic carboxylic acids is 1. The van der Waals surface area contributed by atoms with Gasteiger partial charge in [0, 0.05) is 0 Å². The maximum Gasteiger partial charge on any atom is 0.331 e. The van der Waals surface area contributed by atoms with E-state index in [0.29, 0.717) is 5.76 Å². The van der Waals surface area contributed by atoms with Gasteiger partial charge >= 0.3 is 5.97 Å². The Morgan fingerprint density at radius 3 is 3.17 bits per heavy atom. The Hall–Kier alpha value is -1.71. The highest BCUT2D eigenvalue weighted by molar-refractivity contribution is 5.79. The third-order valence-electron chi connectivity index (χ3n) is 1.11. The lowest BCUT2D eigenvalue weighted by molar-refractivity contribution is -0.131. The van der Waals surface area contributed by atoms with E-state index < -0.39 is 5.97 Å². The van der Waals surface area contributed by atoms with Crippen LogP contribution < -0.4 is 0 Å². The molecule has 0 aliphatic carbocycles. The first-order chi connectivity index (χ1) is 5.79. The van der Waals surface area contributed by atoms with Crippen LogP contribution in [0.1, 0.15) is 5.76 Å². The number of hydrogen-bond donors (Lipinski definition) is 1. The lowest BCUT2D eigenvalue weighted by Crippen LogP contribution is -1.88. The second-order valence-electron chi connectivity index (χ2n) is 2.03. The number of carboxylic acids is 1. The van der Waals surface area contributed by atoms with E-state index in [1.807, 2.05) is 0 Å². The van der Waals surface area contributed by atoms with Crippen LogP contribution in [-0.4, -0.2) is 11.1 Å². The van der Waals surface area contributed by atoms with Gasteiger partial charge in [0.2, 0.25) is 0 Å². The summed E-state index contributed by atoms with van der Waals surface area (Å²) in [4.78, 5) is 9.97. The first kappa shape index (κ1) is 8.39. The highest BCUT2D eigenvalue weighted by Gasteiger charge is 1.92. The molecule has 0 spiro atoms. The van der Waals surface area contributed by atoms with Crippen LogP contribution in [-0.2, 0) is 16.1 Å². The smallest absolute Gasteiger partial charge is 0.331 e. The van der Waals surface area contributed by atoms with Gasteiger partial charge in [-0.1, -0.05) is 0 Å². The van der Waals surface area contributed by atoms with E-state index in [4.69, 9.17) is 14.3 Å². The van der Waals surface area contributed by atoms with Crippen LogP contribution in [0.25, 0.3) is 0 Å². The lowest BCUT2D eigenvalue weighted by atomic mass is 10.5. The van der Waals surface area contributed by atoms with Crippen LogP contribution in [0, 0.1) is 0 Å². The highest BCUT2D eigenvalue weighted by atomic mass is 16.5. The minimum atomic E-state index is -1.03. The van der Waals surface area contributed by atoms with Crippen LogP contribution in [0.3, 0.4) is 0 Å². The molecule has 0 unspecified atom stereocenters. The minimum absolute atomic E-state index is 0.247. The summed E-state index contributed by atoms with van der Waals surface area (Å²) in [5, 5.41) is 8.18.